The van der Waals surface area contributed by atoms with E-state index in [1.165, 1.54) is 6.07 Å². The number of rotatable bonds is 6. The number of benzene rings is 1. The summed E-state index contributed by atoms with van der Waals surface area (Å²) in [6, 6.07) is 3.37. The molecule has 1 nitrogen and oxygen atoms in total. The van der Waals surface area contributed by atoms with Crippen molar-refractivity contribution >= 4 is 15.9 Å². The average molecular weight is 339 g/mol. The Kier molecular flexibility index (Phi) is 6.33. The van der Waals surface area contributed by atoms with E-state index in [2.05, 4.69) is 22.9 Å². The molecule has 0 spiro atoms. The van der Waals surface area contributed by atoms with Crippen LogP contribution in [0.2, 0.25) is 0 Å². The van der Waals surface area contributed by atoms with Crippen molar-refractivity contribution in [2.45, 2.75) is 51.3 Å². The second kappa shape index (κ2) is 7.29. The summed E-state index contributed by atoms with van der Waals surface area (Å²) in [7, 11) is 0. The van der Waals surface area contributed by atoms with Gasteiger partial charge in [0.25, 0.3) is 0 Å². The van der Waals surface area contributed by atoms with Crippen molar-refractivity contribution in [3.63, 3.8) is 0 Å². The minimum atomic E-state index is -4.38. The molecule has 0 fully saturated rings. The second-order valence-corrected chi connectivity index (χ2v) is 5.45. The first-order valence-corrected chi connectivity index (χ1v) is 7.20. The third kappa shape index (κ3) is 5.15. The molecular formula is C14H18BrF3O. The smallest absolute Gasteiger partial charge is 0.388 e. The van der Waals surface area contributed by atoms with Gasteiger partial charge in [0.2, 0.25) is 0 Å². The number of hydrogen-bond donors (Lipinski definition) is 1. The monoisotopic (exact) mass is 338 g/mol. The minimum Gasteiger partial charge on any atom is -0.388 e. The molecule has 1 atom stereocenters. The van der Waals surface area contributed by atoms with Gasteiger partial charge in [0.05, 0.1) is 11.7 Å². The first-order valence-electron chi connectivity index (χ1n) is 6.41. The predicted octanol–water partition coefficient (Wildman–Crippen LogP) is 5.47. The van der Waals surface area contributed by atoms with Gasteiger partial charge in [-0.1, -0.05) is 48.5 Å². The summed E-state index contributed by atoms with van der Waals surface area (Å²) in [6.07, 6.45) is -0.771. The van der Waals surface area contributed by atoms with Crippen LogP contribution >= 0.6 is 15.9 Å². The van der Waals surface area contributed by atoms with E-state index in [1.807, 2.05) is 0 Å². The maximum atomic E-state index is 12.6. The molecule has 1 rings (SSSR count). The molecule has 0 aromatic heterocycles. The third-order valence-corrected chi connectivity index (χ3v) is 3.74. The minimum absolute atomic E-state index is 0.311. The van der Waals surface area contributed by atoms with Crippen LogP contribution in [0.15, 0.2) is 22.7 Å². The summed E-state index contributed by atoms with van der Waals surface area (Å²) < 4.78 is 38.4. The number of alkyl halides is 3. The van der Waals surface area contributed by atoms with Crippen LogP contribution in [0.1, 0.15) is 56.3 Å². The van der Waals surface area contributed by atoms with Crippen molar-refractivity contribution in [1.29, 1.82) is 0 Å². The van der Waals surface area contributed by atoms with Gasteiger partial charge >= 0.3 is 6.18 Å². The summed E-state index contributed by atoms with van der Waals surface area (Å²) in [4.78, 5) is 0. The normalized spacial score (nSPS) is 13.6. The maximum absolute atomic E-state index is 12.6. The molecule has 1 aromatic carbocycles. The molecule has 0 aliphatic rings. The first kappa shape index (κ1) is 16.5. The Morgan fingerprint density at radius 2 is 1.89 bits per heavy atom. The van der Waals surface area contributed by atoms with E-state index in [0.717, 1.165) is 37.8 Å². The molecule has 1 N–H and O–H groups in total. The lowest BCUT2D eigenvalue weighted by molar-refractivity contribution is -0.137. The highest BCUT2D eigenvalue weighted by molar-refractivity contribution is 9.10. The van der Waals surface area contributed by atoms with E-state index in [9.17, 15) is 18.3 Å². The van der Waals surface area contributed by atoms with Gasteiger partial charge in [-0.15, -0.1) is 0 Å². The average Bonchev–Trinajstić information content (AvgIpc) is 2.33. The van der Waals surface area contributed by atoms with Gasteiger partial charge in [-0.2, -0.15) is 13.2 Å². The molecule has 108 valence electrons. The second-order valence-electron chi connectivity index (χ2n) is 4.60. The summed E-state index contributed by atoms with van der Waals surface area (Å²) in [5.74, 6) is 0. The largest absolute Gasteiger partial charge is 0.416 e. The third-order valence-electron chi connectivity index (χ3n) is 3.01. The van der Waals surface area contributed by atoms with Crippen molar-refractivity contribution < 1.29 is 18.3 Å². The molecule has 0 heterocycles. The topological polar surface area (TPSA) is 20.2 Å². The first-order chi connectivity index (χ1) is 8.86. The van der Waals surface area contributed by atoms with Crippen molar-refractivity contribution in [3.8, 4) is 0 Å². The van der Waals surface area contributed by atoms with Crippen molar-refractivity contribution in [3.05, 3.63) is 33.8 Å². The number of aliphatic hydroxyl groups excluding tert-OH is 1. The standard InChI is InChI=1S/C14H18BrF3O/c1-2-3-4-5-6-13(19)11-9-10(14(16,17)18)7-8-12(11)15/h7-9,13,19H,2-6H2,1H3. The predicted molar refractivity (Wildman–Crippen MR) is 72.9 cm³/mol. The maximum Gasteiger partial charge on any atom is 0.416 e. The SMILES string of the molecule is CCCCCCC(O)c1cc(C(F)(F)F)ccc1Br. The highest BCUT2D eigenvalue weighted by Crippen LogP contribution is 2.35. The van der Waals surface area contributed by atoms with Crippen LogP contribution in [0.25, 0.3) is 0 Å². The Morgan fingerprint density at radius 1 is 1.21 bits per heavy atom. The number of halogens is 4. The molecule has 0 aliphatic carbocycles. The van der Waals surface area contributed by atoms with Crippen LogP contribution in [-0.2, 0) is 6.18 Å². The Hall–Kier alpha value is -0.550. The van der Waals surface area contributed by atoms with Gasteiger partial charge in [0, 0.05) is 4.47 Å². The Balaban J connectivity index is 2.75. The van der Waals surface area contributed by atoms with Gasteiger partial charge in [-0.05, 0) is 30.2 Å². The molecule has 0 amide bonds. The zero-order valence-electron chi connectivity index (χ0n) is 10.8. The van der Waals surface area contributed by atoms with E-state index in [4.69, 9.17) is 0 Å². The fourth-order valence-corrected chi connectivity index (χ4v) is 2.41. The highest BCUT2D eigenvalue weighted by atomic mass is 79.9. The van der Waals surface area contributed by atoms with Crippen molar-refractivity contribution in [2.75, 3.05) is 0 Å². The van der Waals surface area contributed by atoms with Crippen LogP contribution in [0.5, 0.6) is 0 Å². The number of hydrogen-bond acceptors (Lipinski definition) is 1. The summed E-state index contributed by atoms with van der Waals surface area (Å²) in [5, 5.41) is 9.99. The number of aliphatic hydroxyl groups is 1. The van der Waals surface area contributed by atoms with E-state index in [1.54, 1.807) is 0 Å². The fraction of sp³-hybridized carbons (Fsp3) is 0.571. The van der Waals surface area contributed by atoms with Crippen molar-refractivity contribution in [2.24, 2.45) is 0 Å². The van der Waals surface area contributed by atoms with Crippen LogP contribution in [-0.4, -0.2) is 5.11 Å². The Labute approximate surface area is 120 Å². The lowest BCUT2D eigenvalue weighted by Crippen LogP contribution is -2.07. The lowest BCUT2D eigenvalue weighted by atomic mass is 10.0. The quantitative estimate of drug-likeness (QED) is 0.681. The molecule has 1 aromatic rings. The van der Waals surface area contributed by atoms with E-state index in [0.29, 0.717) is 16.5 Å². The molecule has 0 saturated heterocycles. The van der Waals surface area contributed by atoms with E-state index < -0.39 is 17.8 Å². The lowest BCUT2D eigenvalue weighted by Gasteiger charge is -2.15. The number of unbranched alkanes of at least 4 members (excludes halogenated alkanes) is 3. The molecule has 19 heavy (non-hydrogen) atoms. The molecule has 5 heteroatoms. The highest BCUT2D eigenvalue weighted by Gasteiger charge is 2.31. The molecule has 0 saturated carbocycles. The Bertz CT molecular complexity index is 404. The van der Waals surface area contributed by atoms with Gasteiger partial charge in [-0.3, -0.25) is 0 Å². The molecule has 0 bridgehead atoms. The zero-order valence-corrected chi connectivity index (χ0v) is 12.4. The van der Waals surface area contributed by atoms with Crippen LogP contribution < -0.4 is 0 Å². The van der Waals surface area contributed by atoms with Gasteiger partial charge in [0.1, 0.15) is 0 Å². The van der Waals surface area contributed by atoms with Gasteiger partial charge < -0.3 is 5.11 Å². The van der Waals surface area contributed by atoms with Crippen LogP contribution in [0, 0.1) is 0 Å². The fourth-order valence-electron chi connectivity index (χ4n) is 1.90. The van der Waals surface area contributed by atoms with E-state index in [-0.39, 0.29) is 0 Å². The van der Waals surface area contributed by atoms with Crippen LogP contribution in [0.4, 0.5) is 13.2 Å². The molecule has 1 unspecified atom stereocenters. The summed E-state index contributed by atoms with van der Waals surface area (Å²) in [6.45, 7) is 2.08. The van der Waals surface area contributed by atoms with Crippen LogP contribution in [0.3, 0.4) is 0 Å². The summed E-state index contributed by atoms with van der Waals surface area (Å²) >= 11 is 3.19. The zero-order chi connectivity index (χ0) is 14.5. The van der Waals surface area contributed by atoms with E-state index >= 15 is 0 Å². The summed E-state index contributed by atoms with van der Waals surface area (Å²) in [5.41, 5.74) is -0.412. The van der Waals surface area contributed by atoms with Crippen molar-refractivity contribution in [1.82, 2.24) is 0 Å². The van der Waals surface area contributed by atoms with Gasteiger partial charge in [-0.25, -0.2) is 0 Å². The van der Waals surface area contributed by atoms with Gasteiger partial charge in [0.15, 0.2) is 0 Å². The molecular weight excluding hydrogens is 321 g/mol. The molecule has 0 aliphatic heterocycles. The Morgan fingerprint density at radius 3 is 2.47 bits per heavy atom. The molecule has 0 radical (unpaired) electrons.